The van der Waals surface area contributed by atoms with Crippen molar-refractivity contribution in [2.45, 2.75) is 32.4 Å². The van der Waals surface area contributed by atoms with E-state index >= 15 is 0 Å². The smallest absolute Gasteiger partial charge is 0.325 e. The summed E-state index contributed by atoms with van der Waals surface area (Å²) >= 11 is 0. The first kappa shape index (κ1) is 13.4. The zero-order valence-electron chi connectivity index (χ0n) is 11.8. The second-order valence-electron chi connectivity index (χ2n) is 5.34. The predicted octanol–water partition coefficient (Wildman–Crippen LogP) is 1.63. The maximum Gasteiger partial charge on any atom is 0.325 e. The molecule has 2 aromatic rings. The highest BCUT2D eigenvalue weighted by Crippen LogP contribution is 2.24. The minimum absolute atomic E-state index is 0.00877. The summed E-state index contributed by atoms with van der Waals surface area (Å²) in [4.78, 5) is 29.6. The predicted molar refractivity (Wildman–Crippen MR) is 76.2 cm³/mol. The standard InChI is InChI=1S/C14H16N4O3/c1-3-14(2)12(19)18(13(20)17-14)7-11-16-9-5-4-8(15)6-10(9)21-11/h4-6H,3,7,15H2,1-2H3,(H,17,20). The van der Waals surface area contributed by atoms with Crippen molar-refractivity contribution in [2.75, 3.05) is 5.73 Å². The molecule has 0 saturated carbocycles. The van der Waals surface area contributed by atoms with Crippen LogP contribution in [0.4, 0.5) is 10.5 Å². The van der Waals surface area contributed by atoms with Crippen molar-refractivity contribution in [3.05, 3.63) is 24.1 Å². The van der Waals surface area contributed by atoms with Crippen LogP contribution in [-0.4, -0.2) is 27.4 Å². The van der Waals surface area contributed by atoms with Gasteiger partial charge in [-0.3, -0.25) is 9.69 Å². The summed E-state index contributed by atoms with van der Waals surface area (Å²) in [5.41, 5.74) is 6.57. The van der Waals surface area contributed by atoms with Crippen LogP contribution in [0.25, 0.3) is 11.1 Å². The molecule has 0 aliphatic carbocycles. The number of hydrogen-bond acceptors (Lipinski definition) is 5. The number of nitrogen functional groups attached to an aromatic ring is 1. The molecule has 1 aromatic carbocycles. The lowest BCUT2D eigenvalue weighted by Crippen LogP contribution is -2.43. The van der Waals surface area contributed by atoms with Crippen LogP contribution in [0.2, 0.25) is 0 Å². The molecule has 1 unspecified atom stereocenters. The molecular formula is C14H16N4O3. The summed E-state index contributed by atoms with van der Waals surface area (Å²) in [6, 6.07) is 4.69. The van der Waals surface area contributed by atoms with Gasteiger partial charge in [0.15, 0.2) is 5.58 Å². The summed E-state index contributed by atoms with van der Waals surface area (Å²) in [7, 11) is 0. The average Bonchev–Trinajstić information content (AvgIpc) is 2.93. The molecule has 0 spiro atoms. The monoisotopic (exact) mass is 288 g/mol. The molecule has 1 saturated heterocycles. The fourth-order valence-corrected chi connectivity index (χ4v) is 2.32. The van der Waals surface area contributed by atoms with E-state index in [2.05, 4.69) is 10.3 Å². The molecule has 3 amide bonds. The molecule has 2 heterocycles. The fraction of sp³-hybridized carbons (Fsp3) is 0.357. The first-order valence-corrected chi connectivity index (χ1v) is 6.72. The van der Waals surface area contributed by atoms with Crippen LogP contribution in [-0.2, 0) is 11.3 Å². The van der Waals surface area contributed by atoms with E-state index in [-0.39, 0.29) is 12.5 Å². The Morgan fingerprint density at radius 2 is 2.19 bits per heavy atom. The number of nitrogens with zero attached hydrogens (tertiary/aromatic N) is 2. The van der Waals surface area contributed by atoms with Gasteiger partial charge in [-0.1, -0.05) is 6.92 Å². The van der Waals surface area contributed by atoms with Gasteiger partial charge in [-0.25, -0.2) is 9.78 Å². The molecule has 7 nitrogen and oxygen atoms in total. The number of anilines is 1. The van der Waals surface area contributed by atoms with E-state index in [4.69, 9.17) is 10.2 Å². The third kappa shape index (κ3) is 2.10. The van der Waals surface area contributed by atoms with Gasteiger partial charge in [-0.15, -0.1) is 0 Å². The number of carbonyl (C=O) groups is 2. The van der Waals surface area contributed by atoms with Gasteiger partial charge in [-0.2, -0.15) is 0 Å². The largest absolute Gasteiger partial charge is 0.439 e. The molecule has 3 N–H and O–H groups in total. The van der Waals surface area contributed by atoms with Crippen LogP contribution in [0.15, 0.2) is 22.6 Å². The number of hydrogen-bond donors (Lipinski definition) is 2. The van der Waals surface area contributed by atoms with Crippen LogP contribution in [0.3, 0.4) is 0 Å². The highest BCUT2D eigenvalue weighted by molar-refractivity contribution is 6.06. The van der Waals surface area contributed by atoms with Crippen LogP contribution < -0.4 is 11.1 Å². The van der Waals surface area contributed by atoms with Gasteiger partial charge < -0.3 is 15.5 Å². The number of benzene rings is 1. The zero-order chi connectivity index (χ0) is 15.2. The van der Waals surface area contributed by atoms with Crippen molar-refractivity contribution < 1.29 is 14.0 Å². The van der Waals surface area contributed by atoms with Crippen LogP contribution in [0.1, 0.15) is 26.2 Å². The zero-order valence-corrected chi connectivity index (χ0v) is 11.8. The minimum atomic E-state index is -0.854. The summed E-state index contributed by atoms with van der Waals surface area (Å²) in [6.07, 6.45) is 0.526. The highest BCUT2D eigenvalue weighted by atomic mass is 16.3. The number of amides is 3. The summed E-state index contributed by atoms with van der Waals surface area (Å²) in [5, 5.41) is 2.69. The number of aromatic nitrogens is 1. The molecule has 1 atom stereocenters. The molecule has 21 heavy (non-hydrogen) atoms. The van der Waals surface area contributed by atoms with E-state index in [9.17, 15) is 9.59 Å². The van der Waals surface area contributed by atoms with Crippen molar-refractivity contribution >= 4 is 28.7 Å². The topological polar surface area (TPSA) is 101 Å². The number of rotatable bonds is 3. The molecule has 1 aliphatic rings. The Kier molecular flexibility index (Phi) is 2.86. The number of oxazole rings is 1. The quantitative estimate of drug-likeness (QED) is 0.660. The third-order valence-corrected chi connectivity index (χ3v) is 3.80. The lowest BCUT2D eigenvalue weighted by atomic mass is 9.99. The van der Waals surface area contributed by atoms with Gasteiger partial charge in [0.2, 0.25) is 5.89 Å². The molecule has 1 fully saturated rings. The number of nitrogens with two attached hydrogens (primary N) is 1. The van der Waals surface area contributed by atoms with E-state index in [1.165, 1.54) is 0 Å². The molecule has 110 valence electrons. The normalized spacial score (nSPS) is 22.1. The Labute approximate surface area is 121 Å². The van der Waals surface area contributed by atoms with Gasteiger partial charge in [0.1, 0.15) is 17.6 Å². The summed E-state index contributed by atoms with van der Waals surface area (Å²) in [6.45, 7) is 3.57. The molecule has 0 bridgehead atoms. The molecule has 3 rings (SSSR count). The lowest BCUT2D eigenvalue weighted by molar-refractivity contribution is -0.131. The molecule has 0 radical (unpaired) electrons. The lowest BCUT2D eigenvalue weighted by Gasteiger charge is -2.18. The Morgan fingerprint density at radius 3 is 2.86 bits per heavy atom. The van der Waals surface area contributed by atoms with E-state index in [0.29, 0.717) is 29.1 Å². The molecule has 1 aliphatic heterocycles. The second-order valence-corrected chi connectivity index (χ2v) is 5.34. The SMILES string of the molecule is CCC1(C)NC(=O)N(Cc2nc3ccc(N)cc3o2)C1=O. The Morgan fingerprint density at radius 1 is 1.43 bits per heavy atom. The summed E-state index contributed by atoms with van der Waals surface area (Å²) < 4.78 is 5.54. The van der Waals surface area contributed by atoms with Gasteiger partial charge in [-0.05, 0) is 25.5 Å². The van der Waals surface area contributed by atoms with Crippen molar-refractivity contribution in [1.82, 2.24) is 15.2 Å². The van der Waals surface area contributed by atoms with Gasteiger partial charge in [0.25, 0.3) is 5.91 Å². The molecule has 7 heteroatoms. The van der Waals surface area contributed by atoms with Crippen LogP contribution in [0, 0.1) is 0 Å². The number of urea groups is 1. The number of fused-ring (bicyclic) bond motifs is 1. The van der Waals surface area contributed by atoms with E-state index in [1.54, 1.807) is 25.1 Å². The van der Waals surface area contributed by atoms with Crippen molar-refractivity contribution in [2.24, 2.45) is 0 Å². The molecular weight excluding hydrogens is 272 g/mol. The van der Waals surface area contributed by atoms with Crippen LogP contribution >= 0.6 is 0 Å². The second kappa shape index (κ2) is 4.47. The maximum atomic E-state index is 12.3. The van der Waals surface area contributed by atoms with Gasteiger partial charge in [0.05, 0.1) is 0 Å². The Balaban J connectivity index is 1.88. The minimum Gasteiger partial charge on any atom is -0.439 e. The van der Waals surface area contributed by atoms with Gasteiger partial charge in [0, 0.05) is 11.8 Å². The number of imide groups is 1. The van der Waals surface area contributed by atoms with Crippen molar-refractivity contribution in [3.8, 4) is 0 Å². The van der Waals surface area contributed by atoms with Crippen molar-refractivity contribution in [1.29, 1.82) is 0 Å². The first-order valence-electron chi connectivity index (χ1n) is 6.72. The summed E-state index contributed by atoms with van der Waals surface area (Å²) in [5.74, 6) is 0.0382. The van der Waals surface area contributed by atoms with Crippen LogP contribution in [0.5, 0.6) is 0 Å². The van der Waals surface area contributed by atoms with Crippen molar-refractivity contribution in [3.63, 3.8) is 0 Å². The first-order chi connectivity index (χ1) is 9.93. The van der Waals surface area contributed by atoms with E-state index in [0.717, 1.165) is 4.90 Å². The van der Waals surface area contributed by atoms with Gasteiger partial charge >= 0.3 is 6.03 Å². The van der Waals surface area contributed by atoms with E-state index < -0.39 is 11.6 Å². The third-order valence-electron chi connectivity index (χ3n) is 3.80. The van der Waals surface area contributed by atoms with E-state index in [1.807, 2.05) is 6.92 Å². The average molecular weight is 288 g/mol. The maximum absolute atomic E-state index is 12.3. The fourth-order valence-electron chi connectivity index (χ4n) is 2.32. The Hall–Kier alpha value is -2.57. The number of carbonyl (C=O) groups excluding carboxylic acids is 2. The highest BCUT2D eigenvalue weighted by Gasteiger charge is 2.46. The Bertz CT molecular complexity index is 739. The molecule has 1 aromatic heterocycles. The number of nitrogens with one attached hydrogen (secondary N) is 1.